The Morgan fingerprint density at radius 2 is 2.19 bits per heavy atom. The summed E-state index contributed by atoms with van der Waals surface area (Å²) in [7, 11) is 0. The van der Waals surface area contributed by atoms with E-state index in [4.69, 9.17) is 4.74 Å². The maximum absolute atomic E-state index is 12.1. The van der Waals surface area contributed by atoms with Crippen molar-refractivity contribution in [3.05, 3.63) is 46.5 Å². The third kappa shape index (κ3) is 3.49. The minimum absolute atomic E-state index is 0.140. The van der Waals surface area contributed by atoms with Gasteiger partial charge >= 0.3 is 0 Å². The Hall–Kier alpha value is -1.72. The first kappa shape index (κ1) is 14.2. The van der Waals surface area contributed by atoms with Crippen LogP contribution in [-0.2, 0) is 29.0 Å². The monoisotopic (exact) mass is 302 g/mol. The fraction of sp³-hybridized carbons (Fsp3) is 0.375. The van der Waals surface area contributed by atoms with Crippen molar-refractivity contribution in [2.24, 2.45) is 0 Å². The van der Waals surface area contributed by atoms with Gasteiger partial charge in [-0.1, -0.05) is 30.3 Å². The quantitative estimate of drug-likeness (QED) is 0.923. The number of nitrogens with one attached hydrogen (secondary N) is 1. The summed E-state index contributed by atoms with van der Waals surface area (Å²) < 4.78 is 5.60. The van der Waals surface area contributed by atoms with Crippen LogP contribution in [-0.4, -0.2) is 17.0 Å². The van der Waals surface area contributed by atoms with Crippen LogP contribution < -0.4 is 5.32 Å². The van der Waals surface area contributed by atoms with Crippen molar-refractivity contribution in [2.75, 3.05) is 5.32 Å². The Morgan fingerprint density at radius 3 is 2.95 bits per heavy atom. The predicted octanol–water partition coefficient (Wildman–Crippen LogP) is 3.18. The molecule has 1 atom stereocenters. The highest BCUT2D eigenvalue weighted by Gasteiger charge is 2.20. The molecule has 0 saturated carbocycles. The Bertz CT molecular complexity index is 603. The molecular formula is C16H18N2O2S. The molecule has 1 aromatic heterocycles. The molecule has 5 heteroatoms. The molecule has 0 spiro atoms. The summed E-state index contributed by atoms with van der Waals surface area (Å²) in [4.78, 5) is 17.9. The predicted molar refractivity (Wildman–Crippen MR) is 83.5 cm³/mol. The number of ether oxygens (including phenoxy) is 1. The van der Waals surface area contributed by atoms with Gasteiger partial charge in [-0.15, -0.1) is 11.3 Å². The van der Waals surface area contributed by atoms with Gasteiger partial charge in [0.05, 0.1) is 12.3 Å². The number of hydrogen-bond donors (Lipinski definition) is 1. The number of benzene rings is 1. The molecule has 1 heterocycles. The van der Waals surface area contributed by atoms with Crippen LogP contribution in [0.3, 0.4) is 0 Å². The van der Waals surface area contributed by atoms with Crippen molar-refractivity contribution < 1.29 is 9.53 Å². The van der Waals surface area contributed by atoms with E-state index in [1.54, 1.807) is 18.3 Å². The van der Waals surface area contributed by atoms with Gasteiger partial charge in [0.15, 0.2) is 5.13 Å². The van der Waals surface area contributed by atoms with Crippen LogP contribution in [0.5, 0.6) is 0 Å². The molecule has 0 bridgehead atoms. The molecule has 21 heavy (non-hydrogen) atoms. The van der Waals surface area contributed by atoms with Crippen molar-refractivity contribution in [3.8, 4) is 0 Å². The highest BCUT2D eigenvalue weighted by atomic mass is 32.1. The molecule has 110 valence electrons. The molecule has 1 aliphatic carbocycles. The molecular weight excluding hydrogens is 284 g/mol. The van der Waals surface area contributed by atoms with Gasteiger partial charge in [-0.25, -0.2) is 4.98 Å². The normalized spacial score (nSPS) is 14.7. The summed E-state index contributed by atoms with van der Waals surface area (Å²) in [6.45, 7) is 2.20. The number of thiazole rings is 1. The molecule has 4 nitrogen and oxygen atoms in total. The first-order valence-electron chi connectivity index (χ1n) is 7.17. The zero-order valence-corrected chi connectivity index (χ0v) is 12.8. The number of rotatable bonds is 5. The van der Waals surface area contributed by atoms with E-state index < -0.39 is 6.10 Å². The van der Waals surface area contributed by atoms with E-state index >= 15 is 0 Å². The fourth-order valence-corrected chi connectivity index (χ4v) is 3.37. The number of fused-ring (bicyclic) bond motifs is 1. The van der Waals surface area contributed by atoms with Gasteiger partial charge in [0.1, 0.15) is 6.10 Å². The van der Waals surface area contributed by atoms with Crippen LogP contribution in [0, 0.1) is 0 Å². The molecule has 0 radical (unpaired) electrons. The lowest BCUT2D eigenvalue weighted by molar-refractivity contribution is -0.127. The summed E-state index contributed by atoms with van der Waals surface area (Å²) in [5, 5.41) is 3.55. The van der Waals surface area contributed by atoms with E-state index in [2.05, 4.69) is 10.3 Å². The second-order valence-electron chi connectivity index (χ2n) is 5.17. The number of nitrogens with zero attached hydrogens (tertiary/aromatic N) is 1. The van der Waals surface area contributed by atoms with E-state index in [1.807, 2.05) is 30.3 Å². The van der Waals surface area contributed by atoms with Gasteiger partial charge in [-0.3, -0.25) is 10.1 Å². The molecule has 1 unspecified atom stereocenters. The van der Waals surface area contributed by atoms with Gasteiger partial charge in [0, 0.05) is 4.88 Å². The molecule has 1 aromatic carbocycles. The Morgan fingerprint density at radius 1 is 1.38 bits per heavy atom. The largest absolute Gasteiger partial charge is 0.364 e. The average Bonchev–Trinajstić information content (AvgIpc) is 3.07. The number of aryl methyl sites for hydroxylation is 2. The molecule has 0 fully saturated rings. The van der Waals surface area contributed by atoms with Crippen LogP contribution in [0.1, 0.15) is 29.5 Å². The second kappa shape index (κ2) is 6.37. The molecule has 0 saturated heterocycles. The maximum Gasteiger partial charge on any atom is 0.255 e. The third-order valence-electron chi connectivity index (χ3n) is 3.54. The summed E-state index contributed by atoms with van der Waals surface area (Å²) in [6, 6.07) is 9.84. The molecule has 2 aromatic rings. The minimum atomic E-state index is -0.496. The molecule has 0 aliphatic heterocycles. The van der Waals surface area contributed by atoms with Crippen molar-refractivity contribution in [1.82, 2.24) is 4.98 Å². The van der Waals surface area contributed by atoms with Crippen molar-refractivity contribution in [2.45, 2.75) is 38.9 Å². The molecule has 1 N–H and O–H groups in total. The van der Waals surface area contributed by atoms with Crippen molar-refractivity contribution in [1.29, 1.82) is 0 Å². The number of aromatic nitrogens is 1. The van der Waals surface area contributed by atoms with Crippen LogP contribution in [0.2, 0.25) is 0 Å². The fourth-order valence-electron chi connectivity index (χ4n) is 2.32. The van der Waals surface area contributed by atoms with Gasteiger partial charge in [-0.2, -0.15) is 0 Å². The lowest BCUT2D eigenvalue weighted by Crippen LogP contribution is -2.27. The van der Waals surface area contributed by atoms with Gasteiger partial charge in [0.2, 0.25) is 0 Å². The van der Waals surface area contributed by atoms with E-state index in [0.29, 0.717) is 11.7 Å². The summed E-state index contributed by atoms with van der Waals surface area (Å²) in [6.07, 6.45) is 2.80. The number of hydrogen-bond acceptors (Lipinski definition) is 4. The van der Waals surface area contributed by atoms with E-state index in [0.717, 1.165) is 24.1 Å². The lowest BCUT2D eigenvalue weighted by Gasteiger charge is -2.12. The van der Waals surface area contributed by atoms with Gasteiger partial charge in [0.25, 0.3) is 5.91 Å². The van der Waals surface area contributed by atoms with Crippen molar-refractivity contribution in [3.63, 3.8) is 0 Å². The number of amides is 1. The molecule has 3 rings (SSSR count). The summed E-state index contributed by atoms with van der Waals surface area (Å²) >= 11 is 1.58. The number of carbonyl (C=O) groups excluding carboxylic acids is 1. The summed E-state index contributed by atoms with van der Waals surface area (Å²) in [5.41, 5.74) is 2.21. The lowest BCUT2D eigenvalue weighted by atomic mass is 10.2. The summed E-state index contributed by atoms with van der Waals surface area (Å²) in [5.74, 6) is -0.140. The maximum atomic E-state index is 12.1. The minimum Gasteiger partial charge on any atom is -0.364 e. The Kier molecular flexibility index (Phi) is 4.31. The van der Waals surface area contributed by atoms with Gasteiger partial charge in [-0.05, 0) is 31.7 Å². The van der Waals surface area contributed by atoms with E-state index in [-0.39, 0.29) is 5.91 Å². The SMILES string of the molecule is CC(OCc1ccccc1)C(=O)Nc1nc2c(s1)CCC2. The van der Waals surface area contributed by atoms with Crippen LogP contribution in [0.25, 0.3) is 0 Å². The first-order valence-corrected chi connectivity index (χ1v) is 7.99. The standard InChI is InChI=1S/C16H18N2O2S/c1-11(20-10-12-6-3-2-4-7-12)15(19)18-16-17-13-8-5-9-14(13)21-16/h2-4,6-7,11H,5,8-10H2,1H3,(H,17,18,19). The zero-order chi connectivity index (χ0) is 14.7. The number of carbonyl (C=O) groups is 1. The Labute approximate surface area is 128 Å². The second-order valence-corrected chi connectivity index (χ2v) is 6.25. The number of anilines is 1. The highest BCUT2D eigenvalue weighted by Crippen LogP contribution is 2.30. The smallest absolute Gasteiger partial charge is 0.255 e. The van der Waals surface area contributed by atoms with Crippen LogP contribution in [0.15, 0.2) is 30.3 Å². The zero-order valence-electron chi connectivity index (χ0n) is 12.0. The molecule has 1 amide bonds. The Balaban J connectivity index is 1.52. The van der Waals surface area contributed by atoms with E-state index in [1.165, 1.54) is 11.3 Å². The first-order chi connectivity index (χ1) is 10.2. The van der Waals surface area contributed by atoms with Crippen molar-refractivity contribution >= 4 is 22.4 Å². The van der Waals surface area contributed by atoms with Crippen LogP contribution in [0.4, 0.5) is 5.13 Å². The van der Waals surface area contributed by atoms with Gasteiger partial charge < -0.3 is 4.74 Å². The third-order valence-corrected chi connectivity index (χ3v) is 4.61. The topological polar surface area (TPSA) is 51.2 Å². The average molecular weight is 302 g/mol. The van der Waals surface area contributed by atoms with Crippen LogP contribution >= 0.6 is 11.3 Å². The van der Waals surface area contributed by atoms with E-state index in [9.17, 15) is 4.79 Å². The highest BCUT2D eigenvalue weighted by molar-refractivity contribution is 7.15. The molecule has 1 aliphatic rings.